The van der Waals surface area contributed by atoms with E-state index in [2.05, 4.69) is 18.2 Å². The summed E-state index contributed by atoms with van der Waals surface area (Å²) < 4.78 is 7.37. The lowest BCUT2D eigenvalue weighted by atomic mass is 10.2. The molecule has 0 bridgehead atoms. The van der Waals surface area contributed by atoms with Crippen LogP contribution in [0.2, 0.25) is 0 Å². The number of hydrogen-bond donors (Lipinski definition) is 0. The summed E-state index contributed by atoms with van der Waals surface area (Å²) in [5, 5.41) is 2.34. The summed E-state index contributed by atoms with van der Waals surface area (Å²) in [6, 6.07) is 8.01. The summed E-state index contributed by atoms with van der Waals surface area (Å²) >= 11 is 0. The van der Waals surface area contributed by atoms with Crippen LogP contribution in [0.3, 0.4) is 0 Å². The maximum atomic E-state index is 5.35. The van der Waals surface area contributed by atoms with E-state index in [0.29, 0.717) is 6.61 Å². The summed E-state index contributed by atoms with van der Waals surface area (Å²) in [6.45, 7) is 0.312. The highest BCUT2D eigenvalue weighted by atomic mass is 16.5. The predicted molar refractivity (Wildman–Crippen MR) is 59.5 cm³/mol. The number of nitrogens with zero attached hydrogens (tertiary/aromatic N) is 1. The van der Waals surface area contributed by atoms with Crippen LogP contribution in [0.25, 0.3) is 10.8 Å². The SMILES string of the molecule is C#CCOc1ccc2c[n+](C)ccc2c1. The van der Waals surface area contributed by atoms with Crippen molar-refractivity contribution in [3.8, 4) is 18.1 Å². The molecular formula is C13H12NO+. The Labute approximate surface area is 89.1 Å². The van der Waals surface area contributed by atoms with E-state index in [0.717, 1.165) is 11.1 Å². The van der Waals surface area contributed by atoms with E-state index in [9.17, 15) is 0 Å². The van der Waals surface area contributed by atoms with Gasteiger partial charge in [0, 0.05) is 11.5 Å². The first kappa shape index (κ1) is 9.54. The first-order valence-electron chi connectivity index (χ1n) is 4.75. The second-order valence-corrected chi connectivity index (χ2v) is 3.39. The molecule has 0 aliphatic rings. The van der Waals surface area contributed by atoms with Crippen molar-refractivity contribution >= 4 is 10.8 Å². The zero-order chi connectivity index (χ0) is 10.7. The molecule has 0 spiro atoms. The highest BCUT2D eigenvalue weighted by Crippen LogP contribution is 2.19. The van der Waals surface area contributed by atoms with Crippen molar-refractivity contribution in [1.82, 2.24) is 0 Å². The largest absolute Gasteiger partial charge is 0.481 e. The minimum absolute atomic E-state index is 0.312. The second kappa shape index (κ2) is 4.02. The van der Waals surface area contributed by atoms with E-state index in [1.165, 1.54) is 5.39 Å². The van der Waals surface area contributed by atoms with E-state index in [1.54, 1.807) is 0 Å². The normalized spacial score (nSPS) is 9.87. The molecule has 74 valence electrons. The van der Waals surface area contributed by atoms with Crippen LogP contribution in [0.1, 0.15) is 0 Å². The van der Waals surface area contributed by atoms with Gasteiger partial charge in [0.15, 0.2) is 12.4 Å². The van der Waals surface area contributed by atoms with Gasteiger partial charge in [-0.3, -0.25) is 0 Å². The number of benzene rings is 1. The Bertz CT molecular complexity index is 526. The molecule has 2 aromatic rings. The molecule has 0 N–H and O–H groups in total. The van der Waals surface area contributed by atoms with Crippen molar-refractivity contribution in [2.45, 2.75) is 0 Å². The van der Waals surface area contributed by atoms with E-state index in [-0.39, 0.29) is 0 Å². The molecule has 1 aromatic heterocycles. The summed E-state index contributed by atoms with van der Waals surface area (Å²) in [5.74, 6) is 3.26. The Kier molecular flexibility index (Phi) is 2.55. The van der Waals surface area contributed by atoms with Gasteiger partial charge in [0.2, 0.25) is 0 Å². The van der Waals surface area contributed by atoms with Gasteiger partial charge in [-0.1, -0.05) is 5.92 Å². The Morgan fingerprint density at radius 3 is 3.00 bits per heavy atom. The summed E-state index contributed by atoms with van der Waals surface area (Å²) in [4.78, 5) is 0. The molecular weight excluding hydrogens is 186 g/mol. The number of hydrogen-bond acceptors (Lipinski definition) is 1. The Morgan fingerprint density at radius 2 is 2.20 bits per heavy atom. The van der Waals surface area contributed by atoms with Gasteiger partial charge in [-0.05, 0) is 23.6 Å². The molecule has 2 rings (SSSR count). The molecule has 0 fully saturated rings. The third kappa shape index (κ3) is 2.08. The lowest BCUT2D eigenvalue weighted by molar-refractivity contribution is -0.670. The number of fused-ring (bicyclic) bond motifs is 1. The van der Waals surface area contributed by atoms with Crippen LogP contribution < -0.4 is 9.30 Å². The fraction of sp³-hybridized carbons (Fsp3) is 0.154. The topological polar surface area (TPSA) is 13.1 Å². The van der Waals surface area contributed by atoms with Gasteiger partial charge in [0.25, 0.3) is 0 Å². The van der Waals surface area contributed by atoms with Gasteiger partial charge in [-0.15, -0.1) is 6.42 Å². The fourth-order valence-corrected chi connectivity index (χ4v) is 1.49. The molecule has 2 nitrogen and oxygen atoms in total. The zero-order valence-corrected chi connectivity index (χ0v) is 8.60. The van der Waals surface area contributed by atoms with Crippen molar-refractivity contribution in [2.75, 3.05) is 6.61 Å². The van der Waals surface area contributed by atoms with Crippen molar-refractivity contribution in [3.63, 3.8) is 0 Å². The predicted octanol–water partition coefficient (Wildman–Crippen LogP) is 1.68. The van der Waals surface area contributed by atoms with Gasteiger partial charge >= 0.3 is 0 Å². The highest BCUT2D eigenvalue weighted by Gasteiger charge is 2.00. The van der Waals surface area contributed by atoms with Crippen molar-refractivity contribution < 1.29 is 9.30 Å². The number of aryl methyl sites for hydroxylation is 1. The monoisotopic (exact) mass is 198 g/mol. The molecule has 0 saturated heterocycles. The van der Waals surface area contributed by atoms with E-state index in [1.807, 2.05) is 36.0 Å². The van der Waals surface area contributed by atoms with Crippen LogP contribution in [-0.4, -0.2) is 6.61 Å². The molecule has 1 aromatic carbocycles. The van der Waals surface area contributed by atoms with Crippen LogP contribution in [0.5, 0.6) is 5.75 Å². The van der Waals surface area contributed by atoms with Gasteiger partial charge in [-0.2, -0.15) is 0 Å². The smallest absolute Gasteiger partial charge is 0.176 e. The molecule has 0 radical (unpaired) electrons. The molecule has 1 heterocycles. The lowest BCUT2D eigenvalue weighted by Gasteiger charge is -2.02. The molecule has 2 heteroatoms. The van der Waals surface area contributed by atoms with Crippen LogP contribution >= 0.6 is 0 Å². The molecule has 0 amide bonds. The van der Waals surface area contributed by atoms with Crippen LogP contribution in [0.15, 0.2) is 36.7 Å². The minimum Gasteiger partial charge on any atom is -0.481 e. The summed E-state index contributed by atoms with van der Waals surface area (Å²) in [6.07, 6.45) is 9.21. The maximum absolute atomic E-state index is 5.35. The van der Waals surface area contributed by atoms with Crippen LogP contribution in [0, 0.1) is 12.3 Å². The van der Waals surface area contributed by atoms with Gasteiger partial charge in [-0.25, -0.2) is 4.57 Å². The molecule has 0 aliphatic carbocycles. The maximum Gasteiger partial charge on any atom is 0.176 e. The molecule has 15 heavy (non-hydrogen) atoms. The van der Waals surface area contributed by atoms with Crippen molar-refractivity contribution in [1.29, 1.82) is 0 Å². The molecule has 0 unspecified atom stereocenters. The number of pyridine rings is 1. The number of rotatable bonds is 2. The number of terminal acetylenes is 1. The number of aromatic nitrogens is 1. The average Bonchev–Trinajstić information content (AvgIpc) is 2.26. The van der Waals surface area contributed by atoms with Gasteiger partial charge in [0.1, 0.15) is 19.4 Å². The Morgan fingerprint density at radius 1 is 1.33 bits per heavy atom. The Balaban J connectivity index is 2.40. The minimum atomic E-state index is 0.312. The molecule has 0 saturated carbocycles. The third-order valence-corrected chi connectivity index (χ3v) is 2.21. The molecule has 0 aliphatic heterocycles. The van der Waals surface area contributed by atoms with E-state index >= 15 is 0 Å². The summed E-state index contributed by atoms with van der Waals surface area (Å²) in [7, 11) is 2.00. The molecule has 0 atom stereocenters. The van der Waals surface area contributed by atoms with E-state index < -0.39 is 0 Å². The van der Waals surface area contributed by atoms with Gasteiger partial charge in [0.05, 0.1) is 0 Å². The standard InChI is InChI=1S/C13H12NO/c1-3-8-15-13-5-4-12-10-14(2)7-6-11(12)9-13/h1,4-7,9-10H,8H2,2H3/q+1. The number of ether oxygens (including phenoxy) is 1. The van der Waals surface area contributed by atoms with Crippen molar-refractivity contribution in [2.24, 2.45) is 7.05 Å². The van der Waals surface area contributed by atoms with Gasteiger partial charge < -0.3 is 4.74 Å². The van der Waals surface area contributed by atoms with Crippen molar-refractivity contribution in [3.05, 3.63) is 36.7 Å². The third-order valence-electron chi connectivity index (χ3n) is 2.21. The second-order valence-electron chi connectivity index (χ2n) is 3.39. The first-order chi connectivity index (χ1) is 7.29. The van der Waals surface area contributed by atoms with Crippen LogP contribution in [0.4, 0.5) is 0 Å². The summed E-state index contributed by atoms with van der Waals surface area (Å²) in [5.41, 5.74) is 0. The first-order valence-corrected chi connectivity index (χ1v) is 4.75. The fourth-order valence-electron chi connectivity index (χ4n) is 1.49. The highest BCUT2D eigenvalue weighted by molar-refractivity contribution is 5.82. The average molecular weight is 198 g/mol. The Hall–Kier alpha value is -2.01. The van der Waals surface area contributed by atoms with E-state index in [4.69, 9.17) is 11.2 Å². The zero-order valence-electron chi connectivity index (χ0n) is 8.60. The lowest BCUT2D eigenvalue weighted by Crippen LogP contribution is -2.25. The van der Waals surface area contributed by atoms with Crippen LogP contribution in [-0.2, 0) is 7.05 Å². The quantitative estimate of drug-likeness (QED) is 0.528.